The number of phenols is 1. The number of benzene rings is 2. The normalized spacial score (nSPS) is 10.2. The monoisotopic (exact) mass is 247 g/mol. The van der Waals surface area contributed by atoms with Crippen LogP contribution in [-0.4, -0.2) is 10.9 Å². The second-order valence-electron chi connectivity index (χ2n) is 3.55. The molecule has 0 heterocycles. The zero-order valence-corrected chi connectivity index (χ0v) is 9.61. The van der Waals surface area contributed by atoms with Crippen LogP contribution in [0.15, 0.2) is 42.5 Å². The van der Waals surface area contributed by atoms with Crippen molar-refractivity contribution in [2.24, 2.45) is 0 Å². The Kier molecular flexibility index (Phi) is 3.02. The molecule has 0 amide bonds. The van der Waals surface area contributed by atoms with Gasteiger partial charge in [-0.1, -0.05) is 41.9 Å². The molecule has 0 aliphatic heterocycles. The van der Waals surface area contributed by atoms with E-state index < -0.39 is 0 Å². The average Bonchev–Trinajstić information content (AvgIpc) is 2.35. The van der Waals surface area contributed by atoms with Crippen molar-refractivity contribution in [1.29, 1.82) is 0 Å². The predicted molar refractivity (Wildman–Crippen MR) is 67.4 cm³/mol. The van der Waals surface area contributed by atoms with Gasteiger partial charge in [0.2, 0.25) is 0 Å². The molecule has 2 aromatic carbocycles. The van der Waals surface area contributed by atoms with Crippen LogP contribution in [0.4, 0.5) is 5.69 Å². The highest BCUT2D eigenvalue weighted by molar-refractivity contribution is 6.36. The number of nitrogens with two attached hydrogens (primary N) is 1. The fourth-order valence-corrected chi connectivity index (χ4v) is 1.80. The molecule has 0 saturated carbocycles. The summed E-state index contributed by atoms with van der Waals surface area (Å²) in [5, 5.41) is 9.72. The van der Waals surface area contributed by atoms with Crippen LogP contribution < -0.4 is 5.73 Å². The third-order valence-electron chi connectivity index (χ3n) is 2.43. The minimum atomic E-state index is -0.302. The number of hydrogen-bond donors (Lipinski definition) is 2. The Morgan fingerprint density at radius 2 is 1.76 bits per heavy atom. The van der Waals surface area contributed by atoms with Crippen LogP contribution in [0, 0.1) is 0 Å². The molecule has 4 heteroatoms. The first-order chi connectivity index (χ1) is 8.11. The number of nitrogen functional groups attached to an aromatic ring is 1. The molecule has 2 rings (SSSR count). The Bertz CT molecular complexity index is 567. The molecule has 3 N–H and O–H groups in total. The van der Waals surface area contributed by atoms with Crippen molar-refractivity contribution < 1.29 is 9.90 Å². The zero-order chi connectivity index (χ0) is 12.4. The van der Waals surface area contributed by atoms with Gasteiger partial charge in [-0.05, 0) is 12.1 Å². The first-order valence-corrected chi connectivity index (χ1v) is 5.35. The Hall–Kier alpha value is -2.00. The largest absolute Gasteiger partial charge is 0.506 e. The molecule has 0 aliphatic carbocycles. The molecule has 0 aliphatic rings. The first kappa shape index (κ1) is 11.5. The Morgan fingerprint density at radius 3 is 2.41 bits per heavy atom. The molecule has 17 heavy (non-hydrogen) atoms. The van der Waals surface area contributed by atoms with Gasteiger partial charge in [-0.15, -0.1) is 0 Å². The summed E-state index contributed by atoms with van der Waals surface area (Å²) in [7, 11) is 0. The fraction of sp³-hybridized carbons (Fsp3) is 0. The van der Waals surface area contributed by atoms with Gasteiger partial charge < -0.3 is 10.8 Å². The Morgan fingerprint density at radius 1 is 1.12 bits per heavy atom. The van der Waals surface area contributed by atoms with Gasteiger partial charge in [-0.2, -0.15) is 0 Å². The molecule has 86 valence electrons. The van der Waals surface area contributed by atoms with Gasteiger partial charge in [0.25, 0.3) is 0 Å². The number of phenolic OH excluding ortho intramolecular Hbond substituents is 1. The smallest absolute Gasteiger partial charge is 0.196 e. The summed E-state index contributed by atoms with van der Waals surface area (Å²) in [5.41, 5.74) is 6.29. The molecule has 0 unspecified atom stereocenters. The lowest BCUT2D eigenvalue weighted by molar-refractivity contribution is 0.103. The lowest BCUT2D eigenvalue weighted by atomic mass is 10.0. The highest BCUT2D eigenvalue weighted by Gasteiger charge is 2.18. The van der Waals surface area contributed by atoms with Gasteiger partial charge in [0.05, 0.1) is 16.3 Å². The summed E-state index contributed by atoms with van der Waals surface area (Å²) < 4.78 is 0. The maximum Gasteiger partial charge on any atom is 0.196 e. The maximum absolute atomic E-state index is 12.2. The maximum atomic E-state index is 12.2. The van der Waals surface area contributed by atoms with Crippen LogP contribution in [0.2, 0.25) is 5.02 Å². The zero-order valence-electron chi connectivity index (χ0n) is 8.85. The molecule has 0 atom stereocenters. The van der Waals surface area contributed by atoms with Crippen molar-refractivity contribution in [3.8, 4) is 5.75 Å². The van der Waals surface area contributed by atoms with Crippen LogP contribution in [-0.2, 0) is 0 Å². The topological polar surface area (TPSA) is 63.3 Å². The lowest BCUT2D eigenvalue weighted by Gasteiger charge is -2.08. The number of aromatic hydroxyl groups is 1. The minimum Gasteiger partial charge on any atom is -0.506 e. The van der Waals surface area contributed by atoms with Gasteiger partial charge in [0, 0.05) is 5.56 Å². The quantitative estimate of drug-likeness (QED) is 0.487. The van der Waals surface area contributed by atoms with E-state index in [0.717, 1.165) is 0 Å². The third kappa shape index (κ3) is 2.10. The van der Waals surface area contributed by atoms with Crippen molar-refractivity contribution >= 4 is 23.1 Å². The van der Waals surface area contributed by atoms with E-state index in [2.05, 4.69) is 0 Å². The number of anilines is 1. The first-order valence-electron chi connectivity index (χ1n) is 4.98. The summed E-state index contributed by atoms with van der Waals surface area (Å²) in [4.78, 5) is 12.2. The fourth-order valence-electron chi connectivity index (χ4n) is 1.55. The number of carbonyl (C=O) groups is 1. The molecule has 0 bridgehead atoms. The molecule has 0 saturated heterocycles. The van der Waals surface area contributed by atoms with Crippen molar-refractivity contribution in [2.75, 3.05) is 5.73 Å². The van der Waals surface area contributed by atoms with E-state index >= 15 is 0 Å². The van der Waals surface area contributed by atoms with E-state index in [4.69, 9.17) is 17.3 Å². The summed E-state index contributed by atoms with van der Waals surface area (Å²) in [6.07, 6.45) is 0. The van der Waals surface area contributed by atoms with Gasteiger partial charge >= 0.3 is 0 Å². The molecule has 0 fully saturated rings. The van der Waals surface area contributed by atoms with E-state index in [1.807, 2.05) is 6.07 Å². The molecule has 0 radical (unpaired) electrons. The summed E-state index contributed by atoms with van der Waals surface area (Å²) >= 11 is 5.93. The highest BCUT2D eigenvalue weighted by atomic mass is 35.5. The molecule has 0 spiro atoms. The van der Waals surface area contributed by atoms with E-state index in [1.54, 1.807) is 24.3 Å². The predicted octanol–water partition coefficient (Wildman–Crippen LogP) is 2.86. The van der Waals surface area contributed by atoms with Crippen LogP contribution >= 0.6 is 11.6 Å². The van der Waals surface area contributed by atoms with Gasteiger partial charge in [-0.25, -0.2) is 0 Å². The number of rotatable bonds is 2. The van der Waals surface area contributed by atoms with E-state index in [-0.39, 0.29) is 27.8 Å². The minimum absolute atomic E-state index is 0.00588. The van der Waals surface area contributed by atoms with Crippen LogP contribution in [0.3, 0.4) is 0 Å². The van der Waals surface area contributed by atoms with Crippen LogP contribution in [0.25, 0.3) is 0 Å². The molecular formula is C13H10ClNO2. The number of hydrogen-bond acceptors (Lipinski definition) is 3. The molecular weight excluding hydrogens is 238 g/mol. The summed E-state index contributed by atoms with van der Waals surface area (Å²) in [6, 6.07) is 11.5. The van der Waals surface area contributed by atoms with Gasteiger partial charge in [-0.3, -0.25) is 4.79 Å². The van der Waals surface area contributed by atoms with Crippen LogP contribution in [0.1, 0.15) is 15.9 Å². The molecule has 3 nitrogen and oxygen atoms in total. The second-order valence-corrected chi connectivity index (χ2v) is 3.96. The SMILES string of the molecule is Nc1c(O)ccc(Cl)c1C(=O)c1ccccc1. The van der Waals surface area contributed by atoms with Gasteiger partial charge in [0.15, 0.2) is 5.78 Å². The summed E-state index contributed by atoms with van der Waals surface area (Å²) in [5.74, 6) is -0.447. The van der Waals surface area contributed by atoms with Crippen molar-refractivity contribution in [1.82, 2.24) is 0 Å². The number of carbonyl (C=O) groups excluding carboxylic acids is 1. The summed E-state index contributed by atoms with van der Waals surface area (Å²) in [6.45, 7) is 0. The Balaban J connectivity index is 2.56. The number of halogens is 1. The second kappa shape index (κ2) is 4.47. The Labute approximate surface area is 103 Å². The number of ketones is 1. The van der Waals surface area contributed by atoms with Gasteiger partial charge in [0.1, 0.15) is 5.75 Å². The van der Waals surface area contributed by atoms with Crippen molar-refractivity contribution in [3.63, 3.8) is 0 Å². The van der Waals surface area contributed by atoms with E-state index in [0.29, 0.717) is 5.56 Å². The molecule has 2 aromatic rings. The average molecular weight is 248 g/mol. The standard InChI is InChI=1S/C13H10ClNO2/c14-9-6-7-10(16)12(15)11(9)13(17)8-4-2-1-3-5-8/h1-7,16H,15H2. The lowest BCUT2D eigenvalue weighted by Crippen LogP contribution is -2.06. The molecule has 0 aromatic heterocycles. The highest BCUT2D eigenvalue weighted by Crippen LogP contribution is 2.31. The van der Waals surface area contributed by atoms with Crippen molar-refractivity contribution in [2.45, 2.75) is 0 Å². The third-order valence-corrected chi connectivity index (χ3v) is 2.75. The van der Waals surface area contributed by atoms with E-state index in [9.17, 15) is 9.90 Å². The van der Waals surface area contributed by atoms with Crippen LogP contribution in [0.5, 0.6) is 5.75 Å². The van der Waals surface area contributed by atoms with Crippen molar-refractivity contribution in [3.05, 3.63) is 58.6 Å². The van der Waals surface area contributed by atoms with E-state index in [1.165, 1.54) is 12.1 Å².